The Bertz CT molecular complexity index is 878. The van der Waals surface area contributed by atoms with Crippen LogP contribution in [0.25, 0.3) is 5.57 Å². The first-order chi connectivity index (χ1) is 13.6. The summed E-state index contributed by atoms with van der Waals surface area (Å²) in [6.07, 6.45) is 4.13. The van der Waals surface area contributed by atoms with Gasteiger partial charge in [-0.25, -0.2) is 0 Å². The molecule has 4 rings (SSSR count). The maximum Gasteiger partial charge on any atom is 0.241 e. The van der Waals surface area contributed by atoms with Gasteiger partial charge < -0.3 is 10.0 Å². The van der Waals surface area contributed by atoms with E-state index in [0.29, 0.717) is 11.8 Å². The molecule has 0 spiro atoms. The maximum atomic E-state index is 13.1. The average molecular weight is 395 g/mol. The third-order valence-corrected chi connectivity index (χ3v) is 6.67. The fraction of sp³-hybridized carbons (Fsp3) is 0.348. The number of rotatable bonds is 3. The zero-order chi connectivity index (χ0) is 19.5. The van der Waals surface area contributed by atoms with E-state index in [1.807, 2.05) is 40.9 Å². The molecule has 0 aromatic heterocycles. The van der Waals surface area contributed by atoms with Crippen LogP contribution in [-0.2, 0) is 4.79 Å². The second-order valence-corrected chi connectivity index (χ2v) is 8.97. The van der Waals surface area contributed by atoms with E-state index in [4.69, 9.17) is 0 Å². The Morgan fingerprint density at radius 3 is 2.68 bits per heavy atom. The van der Waals surface area contributed by atoms with E-state index in [1.54, 1.807) is 12.1 Å². The molecule has 2 aromatic rings. The summed E-state index contributed by atoms with van der Waals surface area (Å²) in [5.41, 5.74) is 3.49. The van der Waals surface area contributed by atoms with E-state index in [1.165, 1.54) is 10.5 Å². The van der Waals surface area contributed by atoms with Gasteiger partial charge >= 0.3 is 0 Å². The number of phenols is 1. The van der Waals surface area contributed by atoms with Crippen LogP contribution in [-0.4, -0.2) is 47.3 Å². The Labute approximate surface area is 170 Å². The highest BCUT2D eigenvalue weighted by molar-refractivity contribution is 8.00. The van der Waals surface area contributed by atoms with Gasteiger partial charge in [0.05, 0.1) is 12.2 Å². The fourth-order valence-corrected chi connectivity index (χ4v) is 4.93. The predicted octanol–water partition coefficient (Wildman–Crippen LogP) is 4.40. The molecule has 5 heteroatoms. The molecule has 1 N–H and O–H groups in total. The van der Waals surface area contributed by atoms with E-state index in [0.717, 1.165) is 43.7 Å². The van der Waals surface area contributed by atoms with Crippen molar-refractivity contribution in [2.24, 2.45) is 0 Å². The first-order valence-corrected chi connectivity index (χ1v) is 10.7. The van der Waals surface area contributed by atoms with Gasteiger partial charge in [0, 0.05) is 29.8 Å². The van der Waals surface area contributed by atoms with Gasteiger partial charge in [-0.2, -0.15) is 0 Å². The van der Waals surface area contributed by atoms with Gasteiger partial charge in [-0.3, -0.25) is 9.69 Å². The summed E-state index contributed by atoms with van der Waals surface area (Å²) in [5, 5.41) is 9.97. The molecule has 2 aliphatic rings. The minimum absolute atomic E-state index is 0.184. The molecule has 1 amide bonds. The molecular weight excluding hydrogens is 368 g/mol. The van der Waals surface area contributed by atoms with Crippen molar-refractivity contribution < 1.29 is 9.90 Å². The first-order valence-electron chi connectivity index (χ1n) is 9.87. The van der Waals surface area contributed by atoms with Gasteiger partial charge in [-0.1, -0.05) is 37.3 Å². The molecule has 0 aliphatic carbocycles. The van der Waals surface area contributed by atoms with Crippen LogP contribution in [0.3, 0.4) is 0 Å². The van der Waals surface area contributed by atoms with E-state index in [9.17, 15) is 9.90 Å². The smallest absolute Gasteiger partial charge is 0.241 e. The van der Waals surface area contributed by atoms with Crippen LogP contribution in [0.5, 0.6) is 5.75 Å². The van der Waals surface area contributed by atoms with E-state index in [2.05, 4.69) is 30.0 Å². The number of carbonyl (C=O) groups is 1. The minimum atomic E-state index is 0.184. The van der Waals surface area contributed by atoms with Crippen molar-refractivity contribution in [3.05, 3.63) is 60.2 Å². The molecule has 0 saturated carbocycles. The molecule has 28 heavy (non-hydrogen) atoms. The molecule has 0 radical (unpaired) electrons. The van der Waals surface area contributed by atoms with E-state index >= 15 is 0 Å². The van der Waals surface area contributed by atoms with Crippen LogP contribution in [0, 0.1) is 0 Å². The number of phenolic OH excluding ortho intramolecular Hbond substituents is 1. The van der Waals surface area contributed by atoms with Crippen molar-refractivity contribution in [3.63, 3.8) is 0 Å². The molecule has 4 nitrogen and oxygen atoms in total. The number of anilines is 1. The Balaban J connectivity index is 1.43. The Morgan fingerprint density at radius 2 is 1.93 bits per heavy atom. The van der Waals surface area contributed by atoms with Crippen molar-refractivity contribution in [3.8, 4) is 5.75 Å². The molecule has 2 aliphatic heterocycles. The Hall–Kier alpha value is -2.24. The molecular formula is C23H26N2O2S. The van der Waals surface area contributed by atoms with Crippen LogP contribution >= 0.6 is 11.8 Å². The van der Waals surface area contributed by atoms with Crippen molar-refractivity contribution in [1.82, 2.24) is 4.90 Å². The molecule has 0 saturated heterocycles. The summed E-state index contributed by atoms with van der Waals surface area (Å²) >= 11 is 1.86. The van der Waals surface area contributed by atoms with Crippen LogP contribution in [0.1, 0.15) is 25.3 Å². The van der Waals surface area contributed by atoms with Gasteiger partial charge in [-0.05, 0) is 48.2 Å². The van der Waals surface area contributed by atoms with Crippen molar-refractivity contribution in [2.75, 3.05) is 31.1 Å². The van der Waals surface area contributed by atoms with Crippen LogP contribution < -0.4 is 4.90 Å². The number of benzene rings is 2. The third kappa shape index (κ3) is 4.26. The lowest BCUT2D eigenvalue weighted by atomic mass is 9.99. The third-order valence-electron chi connectivity index (χ3n) is 5.43. The van der Waals surface area contributed by atoms with Gasteiger partial charge in [0.1, 0.15) is 5.75 Å². The maximum absolute atomic E-state index is 13.1. The molecule has 0 unspecified atom stereocenters. The number of thioether (sulfide) groups is 1. The predicted molar refractivity (Wildman–Crippen MR) is 116 cm³/mol. The summed E-state index contributed by atoms with van der Waals surface area (Å²) in [6, 6.07) is 15.6. The quantitative estimate of drug-likeness (QED) is 0.838. The van der Waals surface area contributed by atoms with E-state index < -0.39 is 0 Å². The first kappa shape index (κ1) is 19.1. The van der Waals surface area contributed by atoms with E-state index in [-0.39, 0.29) is 11.7 Å². The normalized spacial score (nSPS) is 20.2. The second-order valence-electron chi connectivity index (χ2n) is 7.49. The van der Waals surface area contributed by atoms with Crippen molar-refractivity contribution in [2.45, 2.75) is 29.9 Å². The highest BCUT2D eigenvalue weighted by Gasteiger charge is 2.26. The van der Waals surface area contributed by atoms with Crippen molar-refractivity contribution in [1.29, 1.82) is 0 Å². The number of fused-ring (bicyclic) bond motifs is 1. The van der Waals surface area contributed by atoms with Gasteiger partial charge in [-0.15, -0.1) is 11.8 Å². The Kier molecular flexibility index (Phi) is 5.74. The monoisotopic (exact) mass is 394 g/mol. The van der Waals surface area contributed by atoms with Crippen LogP contribution in [0.15, 0.2) is 59.5 Å². The molecule has 1 atom stereocenters. The lowest BCUT2D eigenvalue weighted by molar-refractivity contribution is -0.119. The number of aromatic hydroxyl groups is 1. The Morgan fingerprint density at radius 1 is 1.14 bits per heavy atom. The molecule has 0 bridgehead atoms. The summed E-state index contributed by atoms with van der Waals surface area (Å²) < 4.78 is 0. The zero-order valence-corrected chi connectivity index (χ0v) is 17.0. The lowest BCUT2D eigenvalue weighted by Crippen LogP contribution is -2.42. The summed E-state index contributed by atoms with van der Waals surface area (Å²) in [7, 11) is 0. The number of hydrogen-bond donors (Lipinski definition) is 1. The number of carbonyl (C=O) groups excluding carboxylic acids is 1. The molecule has 2 aromatic carbocycles. The average Bonchev–Trinajstić information content (AvgIpc) is 2.87. The number of para-hydroxylation sites is 1. The van der Waals surface area contributed by atoms with Gasteiger partial charge in [0.2, 0.25) is 5.91 Å². The summed E-state index contributed by atoms with van der Waals surface area (Å²) in [5.74, 6) is 0.473. The molecule has 2 heterocycles. The molecule has 0 fully saturated rings. The highest BCUT2D eigenvalue weighted by atomic mass is 32.2. The summed E-state index contributed by atoms with van der Waals surface area (Å²) in [6.45, 7) is 5.12. The van der Waals surface area contributed by atoms with Gasteiger partial charge in [0.25, 0.3) is 0 Å². The topological polar surface area (TPSA) is 43.8 Å². The lowest BCUT2D eigenvalue weighted by Gasteiger charge is -2.29. The molecule has 146 valence electrons. The summed E-state index contributed by atoms with van der Waals surface area (Å²) in [4.78, 5) is 18.5. The van der Waals surface area contributed by atoms with Crippen LogP contribution in [0.4, 0.5) is 5.69 Å². The second kappa shape index (κ2) is 8.41. The number of hydrogen-bond acceptors (Lipinski definition) is 4. The van der Waals surface area contributed by atoms with Crippen LogP contribution in [0.2, 0.25) is 0 Å². The minimum Gasteiger partial charge on any atom is -0.508 e. The largest absolute Gasteiger partial charge is 0.508 e. The number of amides is 1. The van der Waals surface area contributed by atoms with Gasteiger partial charge in [0.15, 0.2) is 0 Å². The SMILES string of the molecule is C[C@@H]1CCN(C(=O)CN2CC=C(c3ccc(O)cc3)CC2)c2ccccc2S1. The fourth-order valence-electron chi connectivity index (χ4n) is 3.82. The zero-order valence-electron chi connectivity index (χ0n) is 16.2. The standard InChI is InChI=1S/C23H26N2O2S/c1-17-10-15-25(21-4-2-3-5-22(21)28-17)23(27)16-24-13-11-19(12-14-24)18-6-8-20(26)9-7-18/h2-9,11,17,26H,10,12-16H2,1H3/t17-/m1/s1. The number of nitrogens with zero attached hydrogens (tertiary/aromatic N) is 2. The highest BCUT2D eigenvalue weighted by Crippen LogP contribution is 2.37. The van der Waals surface area contributed by atoms with Crippen molar-refractivity contribution >= 4 is 28.9 Å².